The second kappa shape index (κ2) is 6.13. The molecule has 0 saturated heterocycles. The molecule has 21 heavy (non-hydrogen) atoms. The fourth-order valence-electron chi connectivity index (χ4n) is 2.83. The molecule has 0 spiro atoms. The molecule has 5 N–H and O–H groups in total. The minimum absolute atomic E-state index is 0.112. The summed E-state index contributed by atoms with van der Waals surface area (Å²) >= 11 is 1.64. The van der Waals surface area contributed by atoms with Gasteiger partial charge in [-0.15, -0.1) is 11.3 Å². The highest BCUT2D eigenvalue weighted by atomic mass is 32.1. The van der Waals surface area contributed by atoms with Crippen molar-refractivity contribution >= 4 is 33.3 Å². The summed E-state index contributed by atoms with van der Waals surface area (Å²) in [7, 11) is 0. The van der Waals surface area contributed by atoms with Crippen molar-refractivity contribution in [2.75, 3.05) is 17.3 Å². The Labute approximate surface area is 127 Å². The monoisotopic (exact) mass is 307 g/mol. The van der Waals surface area contributed by atoms with Crippen LogP contribution in [0, 0.1) is 12.8 Å². The SMILES string of the molecule is Cc1cc2c(NCC3CCC(O)CC3)nc(NN)nc2s1. The van der Waals surface area contributed by atoms with Gasteiger partial charge in [-0.05, 0) is 44.6 Å². The van der Waals surface area contributed by atoms with Crippen LogP contribution in [0.2, 0.25) is 0 Å². The predicted molar refractivity (Wildman–Crippen MR) is 86.4 cm³/mol. The van der Waals surface area contributed by atoms with Crippen LogP contribution in [-0.2, 0) is 0 Å². The van der Waals surface area contributed by atoms with Crippen LogP contribution in [0.5, 0.6) is 0 Å². The molecule has 1 saturated carbocycles. The molecule has 0 atom stereocenters. The van der Waals surface area contributed by atoms with Crippen LogP contribution in [0.4, 0.5) is 11.8 Å². The summed E-state index contributed by atoms with van der Waals surface area (Å²) in [6, 6.07) is 2.10. The number of aliphatic hydroxyl groups excluding tert-OH is 1. The third kappa shape index (κ3) is 3.25. The Bertz CT molecular complexity index is 621. The molecular weight excluding hydrogens is 286 g/mol. The maximum atomic E-state index is 9.56. The Kier molecular flexibility index (Phi) is 4.23. The molecule has 0 radical (unpaired) electrons. The number of nitrogens with two attached hydrogens (primary N) is 1. The average molecular weight is 307 g/mol. The lowest BCUT2D eigenvalue weighted by Gasteiger charge is -2.25. The standard InChI is InChI=1S/C14H21N5OS/c1-8-6-11-12(17-14(19-15)18-13(11)21-8)16-7-9-2-4-10(20)5-3-9/h6,9-10,20H,2-5,7,15H2,1H3,(H2,16,17,18,19). The van der Waals surface area contributed by atoms with Crippen molar-refractivity contribution in [3.05, 3.63) is 10.9 Å². The highest BCUT2D eigenvalue weighted by molar-refractivity contribution is 7.18. The summed E-state index contributed by atoms with van der Waals surface area (Å²) < 4.78 is 0. The number of rotatable bonds is 4. The zero-order valence-electron chi connectivity index (χ0n) is 12.1. The van der Waals surface area contributed by atoms with Gasteiger partial charge in [-0.25, -0.2) is 10.8 Å². The first-order valence-corrected chi connectivity index (χ1v) is 8.14. The third-order valence-electron chi connectivity index (χ3n) is 4.02. The average Bonchev–Trinajstić information content (AvgIpc) is 2.86. The zero-order chi connectivity index (χ0) is 14.8. The molecule has 2 aromatic rings. The molecule has 2 heterocycles. The molecule has 0 aromatic carbocycles. The lowest BCUT2D eigenvalue weighted by molar-refractivity contribution is 0.111. The van der Waals surface area contributed by atoms with Gasteiger partial charge in [0.2, 0.25) is 5.95 Å². The molecule has 0 bridgehead atoms. The van der Waals surface area contributed by atoms with E-state index in [1.54, 1.807) is 11.3 Å². The van der Waals surface area contributed by atoms with E-state index in [2.05, 4.69) is 33.7 Å². The Morgan fingerprint density at radius 3 is 2.81 bits per heavy atom. The van der Waals surface area contributed by atoms with E-state index in [0.717, 1.165) is 48.3 Å². The van der Waals surface area contributed by atoms with Crippen molar-refractivity contribution in [3.8, 4) is 0 Å². The minimum Gasteiger partial charge on any atom is -0.393 e. The van der Waals surface area contributed by atoms with Gasteiger partial charge in [-0.2, -0.15) is 4.98 Å². The number of aromatic nitrogens is 2. The van der Waals surface area contributed by atoms with Crippen molar-refractivity contribution in [2.24, 2.45) is 11.8 Å². The molecule has 1 aliphatic carbocycles. The van der Waals surface area contributed by atoms with Gasteiger partial charge in [0.25, 0.3) is 0 Å². The van der Waals surface area contributed by atoms with Gasteiger partial charge in [0, 0.05) is 11.4 Å². The van der Waals surface area contributed by atoms with Crippen molar-refractivity contribution in [1.82, 2.24) is 9.97 Å². The van der Waals surface area contributed by atoms with Crippen LogP contribution in [-0.4, -0.2) is 27.7 Å². The van der Waals surface area contributed by atoms with Crippen LogP contribution in [0.15, 0.2) is 6.07 Å². The van der Waals surface area contributed by atoms with Gasteiger partial charge < -0.3 is 10.4 Å². The second-order valence-corrected chi connectivity index (χ2v) is 6.91. The molecule has 114 valence electrons. The highest BCUT2D eigenvalue weighted by Crippen LogP contribution is 2.30. The first-order chi connectivity index (χ1) is 10.2. The molecule has 1 fully saturated rings. The van der Waals surface area contributed by atoms with Crippen LogP contribution < -0.4 is 16.6 Å². The van der Waals surface area contributed by atoms with E-state index in [1.165, 1.54) is 4.88 Å². The number of hydrogen-bond acceptors (Lipinski definition) is 7. The van der Waals surface area contributed by atoms with Crippen LogP contribution in [0.25, 0.3) is 10.2 Å². The fraction of sp³-hybridized carbons (Fsp3) is 0.571. The van der Waals surface area contributed by atoms with E-state index < -0.39 is 0 Å². The first kappa shape index (κ1) is 14.5. The maximum absolute atomic E-state index is 9.56. The number of nitrogen functional groups attached to an aromatic ring is 1. The molecule has 1 aliphatic rings. The molecule has 0 unspecified atom stereocenters. The van der Waals surface area contributed by atoms with E-state index in [0.29, 0.717) is 11.9 Å². The van der Waals surface area contributed by atoms with Gasteiger partial charge in [0.15, 0.2) is 0 Å². The van der Waals surface area contributed by atoms with E-state index in [-0.39, 0.29) is 6.10 Å². The summed E-state index contributed by atoms with van der Waals surface area (Å²) in [6.07, 6.45) is 3.82. The Balaban J connectivity index is 1.76. The minimum atomic E-state index is -0.112. The Morgan fingerprint density at radius 1 is 1.33 bits per heavy atom. The lowest BCUT2D eigenvalue weighted by Crippen LogP contribution is -2.24. The smallest absolute Gasteiger partial charge is 0.240 e. The van der Waals surface area contributed by atoms with Gasteiger partial charge in [-0.1, -0.05) is 0 Å². The number of fused-ring (bicyclic) bond motifs is 1. The number of thiophene rings is 1. The van der Waals surface area contributed by atoms with E-state index >= 15 is 0 Å². The largest absolute Gasteiger partial charge is 0.393 e. The summed E-state index contributed by atoms with van der Waals surface area (Å²) in [5, 5.41) is 14.0. The molecular formula is C14H21N5OS. The number of nitrogens with zero attached hydrogens (tertiary/aromatic N) is 2. The Morgan fingerprint density at radius 2 is 2.10 bits per heavy atom. The van der Waals surface area contributed by atoms with Crippen molar-refractivity contribution in [1.29, 1.82) is 0 Å². The first-order valence-electron chi connectivity index (χ1n) is 7.32. The number of nitrogens with one attached hydrogen (secondary N) is 2. The van der Waals surface area contributed by atoms with E-state index in [1.807, 2.05) is 0 Å². The van der Waals surface area contributed by atoms with Crippen LogP contribution in [0.1, 0.15) is 30.6 Å². The van der Waals surface area contributed by atoms with Gasteiger partial charge in [0.05, 0.1) is 11.5 Å². The van der Waals surface area contributed by atoms with Crippen LogP contribution in [0.3, 0.4) is 0 Å². The zero-order valence-corrected chi connectivity index (χ0v) is 12.9. The highest BCUT2D eigenvalue weighted by Gasteiger charge is 2.20. The number of aliphatic hydroxyl groups is 1. The topological polar surface area (TPSA) is 96.1 Å². The van der Waals surface area contributed by atoms with Gasteiger partial charge >= 0.3 is 0 Å². The number of anilines is 2. The summed E-state index contributed by atoms with van der Waals surface area (Å²) in [5.74, 6) is 7.31. The summed E-state index contributed by atoms with van der Waals surface area (Å²) in [6.45, 7) is 2.94. The molecule has 6 nitrogen and oxygen atoms in total. The second-order valence-electron chi connectivity index (χ2n) is 5.67. The number of hydrogen-bond donors (Lipinski definition) is 4. The van der Waals surface area contributed by atoms with Crippen LogP contribution >= 0.6 is 11.3 Å². The quantitative estimate of drug-likeness (QED) is 0.511. The van der Waals surface area contributed by atoms with E-state index in [9.17, 15) is 5.11 Å². The van der Waals surface area contributed by atoms with Crippen molar-refractivity contribution in [2.45, 2.75) is 38.7 Å². The lowest BCUT2D eigenvalue weighted by atomic mass is 9.87. The van der Waals surface area contributed by atoms with E-state index in [4.69, 9.17) is 5.84 Å². The summed E-state index contributed by atoms with van der Waals surface area (Å²) in [5.41, 5.74) is 2.52. The molecule has 7 heteroatoms. The molecule has 2 aromatic heterocycles. The normalized spacial score (nSPS) is 22.4. The fourth-order valence-corrected chi connectivity index (χ4v) is 3.71. The number of hydrazine groups is 1. The maximum Gasteiger partial charge on any atom is 0.240 e. The van der Waals surface area contributed by atoms with Crippen molar-refractivity contribution < 1.29 is 5.11 Å². The third-order valence-corrected chi connectivity index (χ3v) is 4.96. The summed E-state index contributed by atoms with van der Waals surface area (Å²) in [4.78, 5) is 11.0. The molecule has 0 aliphatic heterocycles. The van der Waals surface area contributed by atoms with Crippen molar-refractivity contribution in [3.63, 3.8) is 0 Å². The predicted octanol–water partition coefficient (Wildman–Crippen LogP) is 2.25. The molecule has 3 rings (SSSR count). The Hall–Kier alpha value is -1.44. The number of aryl methyl sites for hydroxylation is 1. The van der Waals surface area contributed by atoms with Gasteiger partial charge in [0.1, 0.15) is 10.6 Å². The molecule has 0 amide bonds. The van der Waals surface area contributed by atoms with Gasteiger partial charge in [-0.3, -0.25) is 5.43 Å².